The van der Waals surface area contributed by atoms with Crippen molar-refractivity contribution in [3.05, 3.63) is 63.9 Å². The molecule has 19 heavy (non-hydrogen) atoms. The van der Waals surface area contributed by atoms with Crippen LogP contribution in [0.4, 0.5) is 10.1 Å². The van der Waals surface area contributed by atoms with Gasteiger partial charge in [-0.3, -0.25) is 0 Å². The van der Waals surface area contributed by atoms with Crippen molar-refractivity contribution in [2.75, 3.05) is 5.32 Å². The lowest BCUT2D eigenvalue weighted by atomic mass is 10.1. The summed E-state index contributed by atoms with van der Waals surface area (Å²) in [5, 5.41) is 12.4. The molecule has 0 bridgehead atoms. The fraction of sp³-hybridized carbons (Fsp3) is 0.133. The van der Waals surface area contributed by atoms with E-state index in [0.717, 1.165) is 11.3 Å². The van der Waals surface area contributed by atoms with Gasteiger partial charge in [0.2, 0.25) is 0 Å². The summed E-state index contributed by atoms with van der Waals surface area (Å²) in [7, 11) is 0. The zero-order valence-electron chi connectivity index (χ0n) is 10.4. The van der Waals surface area contributed by atoms with E-state index >= 15 is 0 Å². The summed E-state index contributed by atoms with van der Waals surface area (Å²) in [6, 6.07) is 12.2. The first-order valence-electron chi connectivity index (χ1n) is 5.79. The van der Waals surface area contributed by atoms with E-state index in [1.165, 1.54) is 6.07 Å². The molecule has 0 saturated heterocycles. The van der Waals surface area contributed by atoms with Crippen molar-refractivity contribution in [3.8, 4) is 6.07 Å². The van der Waals surface area contributed by atoms with Crippen molar-refractivity contribution >= 4 is 17.3 Å². The van der Waals surface area contributed by atoms with Crippen LogP contribution < -0.4 is 5.32 Å². The Morgan fingerprint density at radius 2 is 2.11 bits per heavy atom. The van der Waals surface area contributed by atoms with Gasteiger partial charge in [-0.05, 0) is 30.7 Å². The van der Waals surface area contributed by atoms with Gasteiger partial charge in [-0.25, -0.2) is 4.39 Å². The third-order valence-corrected chi connectivity index (χ3v) is 3.11. The molecule has 96 valence electrons. The van der Waals surface area contributed by atoms with Crippen molar-refractivity contribution in [1.29, 1.82) is 5.26 Å². The molecule has 1 N–H and O–H groups in total. The maximum Gasteiger partial charge on any atom is 0.145 e. The molecule has 0 aromatic heterocycles. The first-order valence-corrected chi connectivity index (χ1v) is 6.17. The number of anilines is 1. The quantitative estimate of drug-likeness (QED) is 0.907. The van der Waals surface area contributed by atoms with E-state index in [1.807, 2.05) is 31.2 Å². The molecule has 0 amide bonds. The molecule has 0 aliphatic heterocycles. The van der Waals surface area contributed by atoms with Gasteiger partial charge in [0.25, 0.3) is 0 Å². The zero-order chi connectivity index (χ0) is 13.8. The van der Waals surface area contributed by atoms with Crippen LogP contribution in [-0.4, -0.2) is 0 Å². The van der Waals surface area contributed by atoms with Crippen LogP contribution in [0.1, 0.15) is 16.7 Å². The highest BCUT2D eigenvalue weighted by atomic mass is 35.5. The van der Waals surface area contributed by atoms with Crippen molar-refractivity contribution in [2.45, 2.75) is 13.5 Å². The molecule has 2 rings (SSSR count). The molecule has 2 nitrogen and oxygen atoms in total. The lowest BCUT2D eigenvalue weighted by molar-refractivity contribution is 0.609. The van der Waals surface area contributed by atoms with Crippen LogP contribution in [0, 0.1) is 24.1 Å². The summed E-state index contributed by atoms with van der Waals surface area (Å²) < 4.78 is 13.8. The van der Waals surface area contributed by atoms with Crippen LogP contribution in [0.15, 0.2) is 36.4 Å². The van der Waals surface area contributed by atoms with E-state index in [9.17, 15) is 4.39 Å². The molecule has 0 atom stereocenters. The molecule has 0 saturated carbocycles. The molecule has 0 unspecified atom stereocenters. The number of halogens is 2. The Kier molecular flexibility index (Phi) is 4.03. The fourth-order valence-corrected chi connectivity index (χ4v) is 2.06. The molecule has 0 spiro atoms. The van der Waals surface area contributed by atoms with Gasteiger partial charge in [-0.1, -0.05) is 29.8 Å². The Morgan fingerprint density at radius 1 is 1.32 bits per heavy atom. The highest BCUT2D eigenvalue weighted by molar-refractivity contribution is 6.33. The van der Waals surface area contributed by atoms with E-state index < -0.39 is 5.82 Å². The predicted molar refractivity (Wildman–Crippen MR) is 74.6 cm³/mol. The van der Waals surface area contributed by atoms with Gasteiger partial charge < -0.3 is 5.32 Å². The molecule has 4 heteroatoms. The van der Waals surface area contributed by atoms with E-state index in [4.69, 9.17) is 16.9 Å². The monoisotopic (exact) mass is 274 g/mol. The van der Waals surface area contributed by atoms with Crippen LogP contribution in [0.3, 0.4) is 0 Å². The second-order valence-corrected chi connectivity index (χ2v) is 4.63. The molecule has 2 aromatic rings. The minimum atomic E-state index is -0.485. The Morgan fingerprint density at radius 3 is 2.79 bits per heavy atom. The minimum Gasteiger partial charge on any atom is -0.380 e. The molecular formula is C15H12ClFN2. The first-order chi connectivity index (χ1) is 9.11. The maximum atomic E-state index is 13.8. The number of hydrogen-bond acceptors (Lipinski definition) is 2. The Labute approximate surface area is 116 Å². The molecular weight excluding hydrogens is 263 g/mol. The molecule has 2 aromatic carbocycles. The minimum absolute atomic E-state index is 0.0503. The molecule has 0 radical (unpaired) electrons. The second kappa shape index (κ2) is 5.73. The molecule has 0 aliphatic carbocycles. The lowest BCUT2D eigenvalue weighted by Crippen LogP contribution is -2.03. The Bertz CT molecular complexity index is 647. The van der Waals surface area contributed by atoms with Gasteiger partial charge >= 0.3 is 0 Å². The summed E-state index contributed by atoms with van der Waals surface area (Å²) in [5.41, 5.74) is 2.30. The van der Waals surface area contributed by atoms with Crippen molar-refractivity contribution in [3.63, 3.8) is 0 Å². The number of rotatable bonds is 3. The van der Waals surface area contributed by atoms with Crippen LogP contribution in [0.2, 0.25) is 5.02 Å². The smallest absolute Gasteiger partial charge is 0.145 e. The molecule has 0 aliphatic rings. The summed E-state index contributed by atoms with van der Waals surface area (Å²) in [6.07, 6.45) is 0. The van der Waals surface area contributed by atoms with Gasteiger partial charge in [-0.2, -0.15) is 5.26 Å². The van der Waals surface area contributed by atoms with Gasteiger partial charge in [0, 0.05) is 12.1 Å². The number of nitriles is 1. The average molecular weight is 275 g/mol. The van der Waals surface area contributed by atoms with Crippen LogP contribution >= 0.6 is 11.6 Å². The Balaban J connectivity index is 2.17. The maximum absolute atomic E-state index is 13.8. The normalized spacial score (nSPS) is 10.0. The van der Waals surface area contributed by atoms with Crippen LogP contribution in [0.5, 0.6) is 0 Å². The van der Waals surface area contributed by atoms with Crippen molar-refractivity contribution < 1.29 is 4.39 Å². The summed E-state index contributed by atoms with van der Waals surface area (Å²) in [4.78, 5) is 0. The summed E-state index contributed by atoms with van der Waals surface area (Å²) >= 11 is 6.09. The average Bonchev–Trinajstić information content (AvgIpc) is 2.39. The molecule has 0 fully saturated rings. The first kappa shape index (κ1) is 13.4. The predicted octanol–water partition coefficient (Wildman–Crippen LogP) is 4.27. The number of hydrogen-bond donors (Lipinski definition) is 1. The van der Waals surface area contributed by atoms with E-state index in [0.29, 0.717) is 10.6 Å². The van der Waals surface area contributed by atoms with E-state index in [2.05, 4.69) is 5.32 Å². The summed E-state index contributed by atoms with van der Waals surface area (Å²) in [5.74, 6) is -0.485. The number of benzene rings is 2. The zero-order valence-corrected chi connectivity index (χ0v) is 11.1. The highest BCUT2D eigenvalue weighted by Crippen LogP contribution is 2.23. The highest BCUT2D eigenvalue weighted by Gasteiger charge is 2.08. The van der Waals surface area contributed by atoms with Gasteiger partial charge in [0.05, 0.1) is 16.3 Å². The van der Waals surface area contributed by atoms with Crippen molar-refractivity contribution in [2.24, 2.45) is 0 Å². The van der Waals surface area contributed by atoms with Gasteiger partial charge in [-0.15, -0.1) is 0 Å². The number of nitrogens with zero attached hydrogens (tertiary/aromatic N) is 1. The van der Waals surface area contributed by atoms with Crippen LogP contribution in [0.25, 0.3) is 0 Å². The summed E-state index contributed by atoms with van der Waals surface area (Å²) in [6.45, 7) is 2.23. The van der Waals surface area contributed by atoms with Crippen LogP contribution in [-0.2, 0) is 6.54 Å². The van der Waals surface area contributed by atoms with Crippen molar-refractivity contribution in [1.82, 2.24) is 0 Å². The number of nitrogens with one attached hydrogen (secondary N) is 1. The Hall–Kier alpha value is -2.05. The largest absolute Gasteiger partial charge is 0.380 e. The topological polar surface area (TPSA) is 35.8 Å². The molecule has 0 heterocycles. The number of aryl methyl sites for hydroxylation is 1. The third-order valence-electron chi connectivity index (χ3n) is 2.79. The third kappa shape index (κ3) is 3.04. The standard InChI is InChI=1S/C15H12ClFN2/c1-10-5-6-14(13(16)7-10)19-9-12-4-2-3-11(8-18)15(12)17/h2-7,19H,9H2,1H3. The van der Waals surface area contributed by atoms with Gasteiger partial charge in [0.1, 0.15) is 11.9 Å². The van der Waals surface area contributed by atoms with E-state index in [1.54, 1.807) is 12.1 Å². The SMILES string of the molecule is Cc1ccc(NCc2cccc(C#N)c2F)c(Cl)c1. The van der Waals surface area contributed by atoms with E-state index in [-0.39, 0.29) is 12.1 Å². The van der Waals surface area contributed by atoms with Gasteiger partial charge in [0.15, 0.2) is 0 Å². The lowest BCUT2D eigenvalue weighted by Gasteiger charge is -2.10. The second-order valence-electron chi connectivity index (χ2n) is 4.23. The fourth-order valence-electron chi connectivity index (χ4n) is 1.76.